The Hall–Kier alpha value is -5.96. The van der Waals surface area contributed by atoms with Gasteiger partial charge in [-0.1, -0.05) is 98.8 Å². The number of anilines is 2. The van der Waals surface area contributed by atoms with E-state index in [1.807, 2.05) is 50.5 Å². The number of methoxy groups -OCH3 is 1. The van der Waals surface area contributed by atoms with Crippen LogP contribution in [0.5, 0.6) is 0 Å². The number of hydrogen-bond donors (Lipinski definition) is 3. The van der Waals surface area contributed by atoms with Crippen molar-refractivity contribution >= 4 is 34.7 Å². The fourth-order valence-corrected chi connectivity index (χ4v) is 7.43. The molecule has 0 spiro atoms. The zero-order valence-corrected chi connectivity index (χ0v) is 28.9. The number of amides is 2. The SMILES string of the molecule is COC(=O)NC(C(=O)N1c2ccccc2C[C@H]1c1ncc(-c2ccc(-c3ccc(C4=CN=C([C@@H]5Cc6ccccc6N5)C4)cc3)cc2)[nH]1)C(C)C. The largest absolute Gasteiger partial charge is 0.453 e. The normalized spacial score (nSPS) is 18.1. The number of aliphatic imine (C=N–C) groups is 1. The highest BCUT2D eigenvalue weighted by Crippen LogP contribution is 2.41. The maximum Gasteiger partial charge on any atom is 0.407 e. The van der Waals surface area contributed by atoms with Gasteiger partial charge in [-0.25, -0.2) is 9.78 Å². The second kappa shape index (κ2) is 13.4. The molecule has 5 aromatic rings. The third kappa shape index (κ3) is 6.20. The number of alkyl carbamates (subject to hydrolysis) is 1. The van der Waals surface area contributed by atoms with Crippen LogP contribution < -0.4 is 15.5 Å². The molecule has 256 valence electrons. The zero-order valence-electron chi connectivity index (χ0n) is 28.9. The minimum atomic E-state index is -0.754. The smallest absolute Gasteiger partial charge is 0.407 e. The highest BCUT2D eigenvalue weighted by molar-refractivity contribution is 6.04. The number of nitrogens with zero attached hydrogens (tertiary/aromatic N) is 3. The van der Waals surface area contributed by atoms with E-state index >= 15 is 0 Å². The molecule has 1 unspecified atom stereocenters. The molecule has 3 N–H and O–H groups in total. The fourth-order valence-electron chi connectivity index (χ4n) is 7.43. The van der Waals surface area contributed by atoms with Gasteiger partial charge in [0.2, 0.25) is 0 Å². The van der Waals surface area contributed by atoms with Crippen molar-refractivity contribution in [3.63, 3.8) is 0 Å². The molecular weight excluding hydrogens is 637 g/mol. The third-order valence-corrected chi connectivity index (χ3v) is 10.2. The van der Waals surface area contributed by atoms with E-state index in [9.17, 15) is 9.59 Å². The monoisotopic (exact) mass is 676 g/mol. The highest BCUT2D eigenvalue weighted by atomic mass is 16.5. The van der Waals surface area contributed by atoms with Gasteiger partial charge in [-0.05, 0) is 63.4 Å². The van der Waals surface area contributed by atoms with Crippen LogP contribution in [0.1, 0.15) is 48.8 Å². The Kier molecular flexibility index (Phi) is 8.47. The van der Waals surface area contributed by atoms with E-state index < -0.39 is 12.1 Å². The van der Waals surface area contributed by atoms with Crippen molar-refractivity contribution in [2.24, 2.45) is 10.9 Å². The third-order valence-electron chi connectivity index (χ3n) is 10.2. The van der Waals surface area contributed by atoms with E-state index in [-0.39, 0.29) is 23.9 Å². The first-order chi connectivity index (χ1) is 24.9. The van der Waals surface area contributed by atoms with Gasteiger partial charge in [0, 0.05) is 36.1 Å². The summed E-state index contributed by atoms with van der Waals surface area (Å²) < 4.78 is 4.82. The van der Waals surface area contributed by atoms with Gasteiger partial charge in [-0.2, -0.15) is 0 Å². The number of ether oxygens (including phenoxy) is 1. The molecule has 0 aliphatic carbocycles. The molecule has 0 saturated carbocycles. The van der Waals surface area contributed by atoms with Crippen LogP contribution in [0, 0.1) is 5.92 Å². The average molecular weight is 677 g/mol. The first kappa shape index (κ1) is 32.3. The number of carbonyl (C=O) groups is 2. The molecule has 0 radical (unpaired) electrons. The van der Waals surface area contributed by atoms with E-state index in [0.29, 0.717) is 12.2 Å². The zero-order chi connectivity index (χ0) is 35.1. The molecule has 2 amide bonds. The summed E-state index contributed by atoms with van der Waals surface area (Å²) in [6.07, 6.45) is 5.65. The van der Waals surface area contributed by atoms with Gasteiger partial charge in [0.25, 0.3) is 5.91 Å². The minimum Gasteiger partial charge on any atom is -0.453 e. The molecular formula is C42H40N6O3. The second-order valence-electron chi connectivity index (χ2n) is 13.8. The van der Waals surface area contributed by atoms with Crippen molar-refractivity contribution in [3.05, 3.63) is 132 Å². The van der Waals surface area contributed by atoms with Crippen LogP contribution in [0.25, 0.3) is 28.0 Å². The summed E-state index contributed by atoms with van der Waals surface area (Å²) in [7, 11) is 1.30. The summed E-state index contributed by atoms with van der Waals surface area (Å²) >= 11 is 0. The molecule has 51 heavy (non-hydrogen) atoms. The van der Waals surface area contributed by atoms with Gasteiger partial charge in [-0.3, -0.25) is 14.7 Å². The van der Waals surface area contributed by atoms with E-state index in [4.69, 9.17) is 14.7 Å². The number of imidazole rings is 1. The average Bonchev–Trinajstić information content (AvgIpc) is 3.98. The number of allylic oxidation sites excluding steroid dienone is 1. The van der Waals surface area contributed by atoms with Crippen LogP contribution in [0.3, 0.4) is 0 Å². The predicted octanol–water partition coefficient (Wildman–Crippen LogP) is 7.98. The van der Waals surface area contributed by atoms with Crippen LogP contribution in [0.4, 0.5) is 16.2 Å². The lowest BCUT2D eigenvalue weighted by Gasteiger charge is -2.30. The lowest BCUT2D eigenvalue weighted by atomic mass is 9.96. The van der Waals surface area contributed by atoms with Crippen molar-refractivity contribution < 1.29 is 14.3 Å². The lowest BCUT2D eigenvalue weighted by molar-refractivity contribution is -0.121. The summed E-state index contributed by atoms with van der Waals surface area (Å²) in [5.74, 6) is 0.343. The van der Waals surface area contributed by atoms with Crippen molar-refractivity contribution in [3.8, 4) is 22.4 Å². The lowest BCUT2D eigenvalue weighted by Crippen LogP contribution is -2.51. The van der Waals surface area contributed by atoms with Gasteiger partial charge in [0.15, 0.2) is 0 Å². The number of hydrogen-bond acceptors (Lipinski definition) is 6. The Morgan fingerprint density at radius 3 is 2.22 bits per heavy atom. The van der Waals surface area contributed by atoms with Crippen molar-refractivity contribution in [2.45, 2.75) is 51.2 Å². The van der Waals surface area contributed by atoms with E-state index in [1.165, 1.54) is 35.2 Å². The Labute approximate surface area is 297 Å². The molecule has 3 aliphatic rings. The first-order valence-corrected chi connectivity index (χ1v) is 17.5. The van der Waals surface area contributed by atoms with Crippen molar-refractivity contribution in [1.82, 2.24) is 15.3 Å². The molecule has 3 atom stereocenters. The molecule has 4 aromatic carbocycles. The highest BCUT2D eigenvalue weighted by Gasteiger charge is 2.40. The number of fused-ring (bicyclic) bond motifs is 2. The topological polar surface area (TPSA) is 112 Å². The molecule has 8 rings (SSSR count). The van der Waals surface area contributed by atoms with E-state index in [2.05, 4.69) is 88.4 Å². The van der Waals surface area contributed by atoms with Gasteiger partial charge in [0.1, 0.15) is 11.9 Å². The Bertz CT molecular complexity index is 2140. The van der Waals surface area contributed by atoms with Crippen LogP contribution in [0.2, 0.25) is 0 Å². The Balaban J connectivity index is 0.951. The number of rotatable bonds is 8. The number of H-pyrrole nitrogens is 1. The summed E-state index contributed by atoms with van der Waals surface area (Å²) in [6.45, 7) is 3.81. The standard InChI is InChI=1S/C42H40N6O3/c1-25(2)39(47-42(50)51-3)41(49)48-37-11-7-5-9-31(37)22-38(48)40-44-24-36(46-40)29-18-16-27(17-19-29)26-12-14-28(15-13-26)32-21-34(43-23-32)35-20-30-8-4-6-10-33(30)45-35/h4-19,23-25,35,38-39,45H,20-22H2,1-3H3,(H,44,46)(H,47,50)/t35-,38-,39?/m0/s1. The van der Waals surface area contributed by atoms with Crippen molar-refractivity contribution in [1.29, 1.82) is 0 Å². The van der Waals surface area contributed by atoms with Gasteiger partial charge in [-0.15, -0.1) is 0 Å². The van der Waals surface area contributed by atoms with Crippen molar-refractivity contribution in [2.75, 3.05) is 17.3 Å². The summed E-state index contributed by atoms with van der Waals surface area (Å²) in [4.78, 5) is 41.0. The summed E-state index contributed by atoms with van der Waals surface area (Å²) in [5.41, 5.74) is 12.2. The number of carbonyl (C=O) groups excluding carboxylic acids is 2. The quantitative estimate of drug-likeness (QED) is 0.154. The van der Waals surface area contributed by atoms with Gasteiger partial charge < -0.3 is 20.4 Å². The van der Waals surface area contributed by atoms with Crippen LogP contribution in [-0.2, 0) is 22.4 Å². The minimum absolute atomic E-state index is 0.147. The first-order valence-electron chi connectivity index (χ1n) is 17.5. The number of aromatic nitrogens is 2. The van der Waals surface area contributed by atoms with Crippen LogP contribution >= 0.6 is 0 Å². The maximum atomic E-state index is 14.0. The Morgan fingerprint density at radius 2 is 1.51 bits per heavy atom. The molecule has 3 aliphatic heterocycles. The molecule has 4 heterocycles. The number of benzene rings is 4. The molecule has 0 fully saturated rings. The summed E-state index contributed by atoms with van der Waals surface area (Å²) in [6, 6.07) is 32.7. The number of para-hydroxylation sites is 2. The fraction of sp³-hybridized carbons (Fsp3) is 0.238. The van der Waals surface area contributed by atoms with E-state index in [0.717, 1.165) is 46.5 Å². The maximum absolute atomic E-state index is 14.0. The molecule has 9 heteroatoms. The Morgan fingerprint density at radius 1 is 0.843 bits per heavy atom. The molecule has 0 saturated heterocycles. The second-order valence-corrected chi connectivity index (χ2v) is 13.8. The molecule has 1 aromatic heterocycles. The number of aromatic amines is 1. The van der Waals surface area contributed by atoms with Crippen LogP contribution in [0.15, 0.2) is 114 Å². The van der Waals surface area contributed by atoms with Gasteiger partial charge >= 0.3 is 6.09 Å². The summed E-state index contributed by atoms with van der Waals surface area (Å²) in [5, 5.41) is 6.37. The molecule has 9 nitrogen and oxygen atoms in total. The van der Waals surface area contributed by atoms with Gasteiger partial charge in [0.05, 0.1) is 31.1 Å². The molecule has 0 bridgehead atoms. The van der Waals surface area contributed by atoms with Crippen LogP contribution in [-0.4, -0.2) is 46.9 Å². The predicted molar refractivity (Wildman–Crippen MR) is 202 cm³/mol. The number of nitrogens with one attached hydrogen (secondary N) is 3. The van der Waals surface area contributed by atoms with E-state index in [1.54, 1.807) is 4.90 Å².